The number of carbonyl (C=O) groups excluding carboxylic acids is 2. The normalized spacial score (nSPS) is 14.1. The van der Waals surface area contributed by atoms with Crippen molar-refractivity contribution in [3.05, 3.63) is 53.1 Å². The standard InChI is InChI=1S/C17H15ClN2O3/c18-11-6-7-15(21)14(9-11)17(23)19-12-3-1-4-13(10-12)20-8-2-5-16(20)22/h1,3-4,6-7,9-10,21H,2,5,8H2,(H,19,23). The molecule has 2 amide bonds. The van der Waals surface area contributed by atoms with E-state index in [-0.39, 0.29) is 17.2 Å². The predicted octanol–water partition coefficient (Wildman–Crippen LogP) is 3.42. The number of hydrogen-bond donors (Lipinski definition) is 2. The van der Waals surface area contributed by atoms with E-state index in [1.54, 1.807) is 23.1 Å². The molecule has 5 nitrogen and oxygen atoms in total. The fourth-order valence-corrected chi connectivity index (χ4v) is 2.73. The van der Waals surface area contributed by atoms with Gasteiger partial charge in [-0.1, -0.05) is 17.7 Å². The number of phenols is 1. The van der Waals surface area contributed by atoms with Crippen molar-refractivity contribution in [1.82, 2.24) is 0 Å². The van der Waals surface area contributed by atoms with Crippen LogP contribution in [0.15, 0.2) is 42.5 Å². The summed E-state index contributed by atoms with van der Waals surface area (Å²) in [4.78, 5) is 25.8. The summed E-state index contributed by atoms with van der Waals surface area (Å²) < 4.78 is 0. The van der Waals surface area contributed by atoms with Gasteiger partial charge in [-0.2, -0.15) is 0 Å². The molecule has 0 aliphatic carbocycles. The Labute approximate surface area is 138 Å². The lowest BCUT2D eigenvalue weighted by atomic mass is 10.1. The Morgan fingerprint density at radius 1 is 1.22 bits per heavy atom. The second-order valence-corrected chi connectivity index (χ2v) is 5.75. The molecule has 2 aromatic carbocycles. The Morgan fingerprint density at radius 2 is 2.04 bits per heavy atom. The molecule has 1 saturated heterocycles. The van der Waals surface area contributed by atoms with Crippen LogP contribution < -0.4 is 10.2 Å². The van der Waals surface area contributed by atoms with E-state index in [9.17, 15) is 14.7 Å². The number of nitrogens with one attached hydrogen (secondary N) is 1. The van der Waals surface area contributed by atoms with Gasteiger partial charge in [-0.15, -0.1) is 0 Å². The zero-order valence-corrected chi connectivity index (χ0v) is 13.0. The number of nitrogens with zero attached hydrogens (tertiary/aromatic N) is 1. The van der Waals surface area contributed by atoms with E-state index >= 15 is 0 Å². The zero-order valence-electron chi connectivity index (χ0n) is 12.3. The van der Waals surface area contributed by atoms with Gasteiger partial charge in [0.1, 0.15) is 5.75 Å². The number of rotatable bonds is 3. The zero-order chi connectivity index (χ0) is 16.4. The van der Waals surface area contributed by atoms with Crippen LogP contribution in [-0.2, 0) is 4.79 Å². The smallest absolute Gasteiger partial charge is 0.259 e. The number of hydrogen-bond acceptors (Lipinski definition) is 3. The van der Waals surface area contributed by atoms with Crippen molar-refractivity contribution in [3.63, 3.8) is 0 Å². The number of amides is 2. The van der Waals surface area contributed by atoms with Crippen LogP contribution in [0.4, 0.5) is 11.4 Å². The van der Waals surface area contributed by atoms with Crippen molar-refractivity contribution < 1.29 is 14.7 Å². The van der Waals surface area contributed by atoms with E-state index in [0.29, 0.717) is 23.7 Å². The first-order valence-corrected chi connectivity index (χ1v) is 7.63. The lowest BCUT2D eigenvalue weighted by Gasteiger charge is -2.17. The number of carbonyl (C=O) groups is 2. The molecular formula is C17H15ClN2O3. The number of anilines is 2. The maximum atomic E-state index is 12.3. The molecule has 2 N–H and O–H groups in total. The Bertz CT molecular complexity index is 776. The molecule has 1 fully saturated rings. The monoisotopic (exact) mass is 330 g/mol. The topological polar surface area (TPSA) is 69.6 Å². The summed E-state index contributed by atoms with van der Waals surface area (Å²) in [5.41, 5.74) is 1.40. The van der Waals surface area contributed by atoms with Crippen molar-refractivity contribution in [1.29, 1.82) is 0 Å². The number of aromatic hydroxyl groups is 1. The molecule has 0 unspecified atom stereocenters. The molecule has 0 aromatic heterocycles. The molecule has 2 aromatic rings. The molecular weight excluding hydrogens is 316 g/mol. The minimum Gasteiger partial charge on any atom is -0.507 e. The van der Waals surface area contributed by atoms with Crippen LogP contribution in [0, 0.1) is 0 Å². The lowest BCUT2D eigenvalue weighted by Crippen LogP contribution is -2.23. The molecule has 0 saturated carbocycles. The lowest BCUT2D eigenvalue weighted by molar-refractivity contribution is -0.117. The fraction of sp³-hybridized carbons (Fsp3) is 0.176. The maximum Gasteiger partial charge on any atom is 0.259 e. The largest absolute Gasteiger partial charge is 0.507 e. The summed E-state index contributed by atoms with van der Waals surface area (Å²) in [5.74, 6) is -0.520. The van der Waals surface area contributed by atoms with Crippen LogP contribution in [0.3, 0.4) is 0 Å². The van der Waals surface area contributed by atoms with Crippen molar-refractivity contribution in [3.8, 4) is 5.75 Å². The summed E-state index contributed by atoms with van der Waals surface area (Å²) in [6, 6.07) is 11.3. The third-order valence-corrected chi connectivity index (χ3v) is 3.93. The van der Waals surface area contributed by atoms with Crippen LogP contribution in [0.2, 0.25) is 5.02 Å². The van der Waals surface area contributed by atoms with Crippen LogP contribution in [0.1, 0.15) is 23.2 Å². The summed E-state index contributed by atoms with van der Waals surface area (Å²) in [6.07, 6.45) is 1.39. The number of halogens is 1. The maximum absolute atomic E-state index is 12.3. The minimum atomic E-state index is -0.463. The summed E-state index contributed by atoms with van der Waals surface area (Å²) in [7, 11) is 0. The minimum absolute atomic E-state index is 0.0842. The Kier molecular flexibility index (Phi) is 4.21. The van der Waals surface area contributed by atoms with E-state index in [1.165, 1.54) is 18.2 Å². The molecule has 118 valence electrons. The van der Waals surface area contributed by atoms with Gasteiger partial charge >= 0.3 is 0 Å². The molecule has 3 rings (SSSR count). The van der Waals surface area contributed by atoms with Crippen molar-refractivity contribution in [2.75, 3.05) is 16.8 Å². The highest BCUT2D eigenvalue weighted by Gasteiger charge is 2.22. The van der Waals surface area contributed by atoms with Crippen LogP contribution in [0.25, 0.3) is 0 Å². The van der Waals surface area contributed by atoms with Gasteiger partial charge in [0.25, 0.3) is 5.91 Å². The first-order valence-electron chi connectivity index (χ1n) is 7.25. The average Bonchev–Trinajstić information content (AvgIpc) is 2.96. The van der Waals surface area contributed by atoms with Gasteiger partial charge in [-0.3, -0.25) is 9.59 Å². The highest BCUT2D eigenvalue weighted by atomic mass is 35.5. The Morgan fingerprint density at radius 3 is 2.78 bits per heavy atom. The SMILES string of the molecule is O=C(Nc1cccc(N2CCCC2=O)c1)c1cc(Cl)ccc1O. The van der Waals surface area contributed by atoms with Gasteiger partial charge in [0.05, 0.1) is 5.56 Å². The molecule has 1 aliphatic heterocycles. The first-order chi connectivity index (χ1) is 11.0. The van der Waals surface area contributed by atoms with Gasteiger partial charge in [0.2, 0.25) is 5.91 Å². The van der Waals surface area contributed by atoms with E-state index in [0.717, 1.165) is 12.1 Å². The third-order valence-electron chi connectivity index (χ3n) is 3.69. The molecule has 1 aliphatic rings. The fourth-order valence-electron chi connectivity index (χ4n) is 2.56. The quantitative estimate of drug-likeness (QED) is 0.906. The van der Waals surface area contributed by atoms with Crippen LogP contribution >= 0.6 is 11.6 Å². The summed E-state index contributed by atoms with van der Waals surface area (Å²) in [6.45, 7) is 0.686. The van der Waals surface area contributed by atoms with Crippen molar-refractivity contribution >= 4 is 34.8 Å². The van der Waals surface area contributed by atoms with Gasteiger partial charge in [-0.05, 0) is 42.8 Å². The third kappa shape index (κ3) is 3.29. The van der Waals surface area contributed by atoms with Crippen molar-refractivity contribution in [2.24, 2.45) is 0 Å². The molecule has 0 spiro atoms. The van der Waals surface area contributed by atoms with Gasteiger partial charge in [0.15, 0.2) is 0 Å². The molecule has 23 heavy (non-hydrogen) atoms. The second-order valence-electron chi connectivity index (χ2n) is 5.31. The molecule has 0 atom stereocenters. The van der Waals surface area contributed by atoms with Gasteiger partial charge in [0, 0.05) is 29.4 Å². The van der Waals surface area contributed by atoms with Gasteiger partial charge < -0.3 is 15.3 Å². The number of phenolic OH excluding ortho intramolecular Hbond substituents is 1. The number of benzene rings is 2. The Balaban J connectivity index is 1.81. The predicted molar refractivity (Wildman–Crippen MR) is 89.1 cm³/mol. The van der Waals surface area contributed by atoms with E-state index in [2.05, 4.69) is 5.32 Å². The van der Waals surface area contributed by atoms with Crippen molar-refractivity contribution in [2.45, 2.75) is 12.8 Å². The molecule has 6 heteroatoms. The van der Waals surface area contributed by atoms with Crippen LogP contribution in [-0.4, -0.2) is 23.5 Å². The Hall–Kier alpha value is -2.53. The van der Waals surface area contributed by atoms with E-state index < -0.39 is 5.91 Å². The summed E-state index contributed by atoms with van der Waals surface area (Å²) in [5, 5.41) is 12.8. The molecule has 0 radical (unpaired) electrons. The highest BCUT2D eigenvalue weighted by molar-refractivity contribution is 6.31. The first kappa shape index (κ1) is 15.4. The molecule has 1 heterocycles. The summed E-state index contributed by atoms with van der Waals surface area (Å²) >= 11 is 5.86. The second kappa shape index (κ2) is 6.30. The highest BCUT2D eigenvalue weighted by Crippen LogP contribution is 2.26. The average molecular weight is 331 g/mol. The van der Waals surface area contributed by atoms with E-state index in [4.69, 9.17) is 11.6 Å². The van der Waals surface area contributed by atoms with E-state index in [1.807, 2.05) is 6.07 Å². The van der Waals surface area contributed by atoms with Crippen LogP contribution in [0.5, 0.6) is 5.75 Å². The molecule has 0 bridgehead atoms. The van der Waals surface area contributed by atoms with Gasteiger partial charge in [-0.25, -0.2) is 0 Å².